The lowest BCUT2D eigenvalue weighted by atomic mass is 9.87. The molecule has 0 aromatic heterocycles. The molecule has 1 N–H and O–H groups in total. The molecule has 1 amide bonds. The van der Waals surface area contributed by atoms with Gasteiger partial charge in [-0.1, -0.05) is 56.6 Å². The fourth-order valence-electron chi connectivity index (χ4n) is 2.40. The van der Waals surface area contributed by atoms with Crippen molar-refractivity contribution in [3.8, 4) is 11.5 Å². The van der Waals surface area contributed by atoms with Gasteiger partial charge in [0, 0.05) is 18.2 Å². The first kappa shape index (κ1) is 19.9. The van der Waals surface area contributed by atoms with E-state index < -0.39 is 0 Å². The van der Waals surface area contributed by atoms with Gasteiger partial charge in [-0.25, -0.2) is 0 Å². The third kappa shape index (κ3) is 5.02. The van der Waals surface area contributed by atoms with Gasteiger partial charge in [-0.15, -0.1) is 0 Å². The fraction of sp³-hybridized carbons (Fsp3) is 0.286. The molecule has 5 heteroatoms. The average molecular weight is 374 g/mol. The number of amides is 1. The minimum absolute atomic E-state index is 0.101. The Morgan fingerprint density at radius 1 is 1.04 bits per heavy atom. The van der Waals surface area contributed by atoms with Crippen LogP contribution in [0.3, 0.4) is 0 Å². The van der Waals surface area contributed by atoms with Crippen LogP contribution < -0.4 is 14.8 Å². The summed E-state index contributed by atoms with van der Waals surface area (Å²) in [5.41, 5.74) is 2.79. The van der Waals surface area contributed by atoms with Gasteiger partial charge in [-0.2, -0.15) is 0 Å². The van der Waals surface area contributed by atoms with Crippen molar-refractivity contribution in [2.45, 2.75) is 26.2 Å². The standard InChI is InChI=1S/C21H24ClNO3/c1-21(2,3)15-9-6-14(7-10-15)8-11-20(24)23-17-13-18(25-4)16(22)12-19(17)26-5/h6-13H,1-5H3,(H,23,24)/b11-8+. The summed E-state index contributed by atoms with van der Waals surface area (Å²) in [6.07, 6.45) is 3.24. The van der Waals surface area contributed by atoms with Gasteiger partial charge in [0.2, 0.25) is 5.91 Å². The van der Waals surface area contributed by atoms with E-state index >= 15 is 0 Å². The smallest absolute Gasteiger partial charge is 0.248 e. The van der Waals surface area contributed by atoms with Gasteiger partial charge in [-0.3, -0.25) is 4.79 Å². The van der Waals surface area contributed by atoms with Crippen molar-refractivity contribution in [1.29, 1.82) is 0 Å². The quantitative estimate of drug-likeness (QED) is 0.723. The first-order valence-corrected chi connectivity index (χ1v) is 8.63. The van der Waals surface area contributed by atoms with E-state index in [0.717, 1.165) is 5.56 Å². The second-order valence-corrected chi connectivity index (χ2v) is 7.29. The zero-order valence-electron chi connectivity index (χ0n) is 15.7. The Morgan fingerprint density at radius 2 is 1.65 bits per heavy atom. The number of methoxy groups -OCH3 is 2. The number of carbonyl (C=O) groups excluding carboxylic acids is 1. The first-order chi connectivity index (χ1) is 12.2. The van der Waals surface area contributed by atoms with E-state index in [1.807, 2.05) is 12.1 Å². The predicted octanol–water partition coefficient (Wildman–Crippen LogP) is 5.31. The summed E-state index contributed by atoms with van der Waals surface area (Å²) in [6, 6.07) is 11.4. The van der Waals surface area contributed by atoms with Crippen LogP contribution >= 0.6 is 11.6 Å². The minimum atomic E-state index is -0.271. The number of hydrogen-bond donors (Lipinski definition) is 1. The van der Waals surface area contributed by atoms with Crippen LogP contribution in [0.25, 0.3) is 6.08 Å². The summed E-state index contributed by atoms with van der Waals surface area (Å²) in [7, 11) is 3.03. The van der Waals surface area contributed by atoms with Gasteiger partial charge in [0.1, 0.15) is 11.5 Å². The second-order valence-electron chi connectivity index (χ2n) is 6.88. The second kappa shape index (κ2) is 8.28. The molecule has 0 atom stereocenters. The molecule has 0 bridgehead atoms. The highest BCUT2D eigenvalue weighted by Gasteiger charge is 2.13. The van der Waals surface area contributed by atoms with Gasteiger partial charge in [0.25, 0.3) is 0 Å². The summed E-state index contributed by atoms with van der Waals surface area (Å²) in [4.78, 5) is 12.2. The van der Waals surface area contributed by atoms with Gasteiger partial charge >= 0.3 is 0 Å². The number of nitrogens with one attached hydrogen (secondary N) is 1. The Bertz CT molecular complexity index is 805. The van der Waals surface area contributed by atoms with E-state index in [9.17, 15) is 4.79 Å². The topological polar surface area (TPSA) is 47.6 Å². The predicted molar refractivity (Wildman–Crippen MR) is 107 cm³/mol. The molecule has 26 heavy (non-hydrogen) atoms. The summed E-state index contributed by atoms with van der Waals surface area (Å²) >= 11 is 6.07. The van der Waals surface area contributed by atoms with Crippen LogP contribution in [0.15, 0.2) is 42.5 Å². The average Bonchev–Trinajstić information content (AvgIpc) is 2.60. The monoisotopic (exact) mass is 373 g/mol. The molecule has 2 aromatic carbocycles. The number of benzene rings is 2. The lowest BCUT2D eigenvalue weighted by Gasteiger charge is -2.18. The molecule has 0 fully saturated rings. The molecule has 0 heterocycles. The fourth-order valence-corrected chi connectivity index (χ4v) is 2.63. The molecule has 138 valence electrons. The van der Waals surface area contributed by atoms with Crippen LogP contribution in [-0.2, 0) is 10.2 Å². The van der Waals surface area contributed by atoms with E-state index in [4.69, 9.17) is 21.1 Å². The van der Waals surface area contributed by atoms with Crippen LogP contribution in [0.2, 0.25) is 5.02 Å². The summed E-state index contributed by atoms with van der Waals surface area (Å²) in [5, 5.41) is 3.19. The summed E-state index contributed by atoms with van der Waals surface area (Å²) in [5.74, 6) is 0.657. The zero-order valence-corrected chi connectivity index (χ0v) is 16.5. The largest absolute Gasteiger partial charge is 0.495 e. The SMILES string of the molecule is COc1cc(NC(=O)/C=C/c2ccc(C(C)(C)C)cc2)c(OC)cc1Cl. The van der Waals surface area contributed by atoms with Crippen LogP contribution in [0.1, 0.15) is 31.9 Å². The Morgan fingerprint density at radius 3 is 2.19 bits per heavy atom. The highest BCUT2D eigenvalue weighted by molar-refractivity contribution is 6.32. The third-order valence-corrected chi connectivity index (χ3v) is 4.23. The zero-order chi connectivity index (χ0) is 19.3. The summed E-state index contributed by atoms with van der Waals surface area (Å²) in [6.45, 7) is 6.50. The van der Waals surface area contributed by atoms with Gasteiger partial charge < -0.3 is 14.8 Å². The van der Waals surface area contributed by atoms with Crippen LogP contribution in [0, 0.1) is 0 Å². The Labute approximate surface area is 159 Å². The number of rotatable bonds is 5. The van der Waals surface area contributed by atoms with Crippen molar-refractivity contribution in [3.05, 3.63) is 58.6 Å². The van der Waals surface area contributed by atoms with Crippen molar-refractivity contribution in [2.24, 2.45) is 0 Å². The molecule has 0 aliphatic carbocycles. The van der Waals surface area contributed by atoms with E-state index in [1.54, 1.807) is 18.2 Å². The lowest BCUT2D eigenvalue weighted by Crippen LogP contribution is -2.10. The molecule has 0 spiro atoms. The molecule has 0 saturated carbocycles. The molecule has 0 saturated heterocycles. The van der Waals surface area contributed by atoms with E-state index in [2.05, 4.69) is 38.2 Å². The molecule has 0 aliphatic heterocycles. The van der Waals surface area contributed by atoms with Crippen molar-refractivity contribution < 1.29 is 14.3 Å². The van der Waals surface area contributed by atoms with E-state index in [-0.39, 0.29) is 11.3 Å². The van der Waals surface area contributed by atoms with Gasteiger partial charge in [0.05, 0.1) is 24.9 Å². The number of carbonyl (C=O) groups is 1. The molecule has 0 unspecified atom stereocenters. The Kier molecular flexibility index (Phi) is 6.32. The van der Waals surface area contributed by atoms with Gasteiger partial charge in [0.15, 0.2) is 0 Å². The van der Waals surface area contributed by atoms with Crippen molar-refractivity contribution in [1.82, 2.24) is 0 Å². The molecule has 2 rings (SSSR count). The number of ether oxygens (including phenoxy) is 2. The maximum Gasteiger partial charge on any atom is 0.248 e. The Balaban J connectivity index is 2.12. The van der Waals surface area contributed by atoms with Crippen LogP contribution in [0.4, 0.5) is 5.69 Å². The normalized spacial score (nSPS) is 11.5. The summed E-state index contributed by atoms with van der Waals surface area (Å²) < 4.78 is 10.4. The number of anilines is 1. The molecular formula is C21H24ClNO3. The van der Waals surface area contributed by atoms with Crippen molar-refractivity contribution in [3.63, 3.8) is 0 Å². The Hall–Kier alpha value is -2.46. The number of hydrogen-bond acceptors (Lipinski definition) is 3. The molecule has 2 aromatic rings. The first-order valence-electron chi connectivity index (χ1n) is 8.25. The molecular weight excluding hydrogens is 350 g/mol. The van der Waals surface area contributed by atoms with Crippen molar-refractivity contribution >= 4 is 29.3 Å². The van der Waals surface area contributed by atoms with Crippen LogP contribution in [0.5, 0.6) is 11.5 Å². The van der Waals surface area contributed by atoms with Crippen molar-refractivity contribution in [2.75, 3.05) is 19.5 Å². The number of halogens is 1. The van der Waals surface area contributed by atoms with E-state index in [1.165, 1.54) is 25.9 Å². The lowest BCUT2D eigenvalue weighted by molar-refractivity contribution is -0.111. The van der Waals surface area contributed by atoms with Gasteiger partial charge in [-0.05, 0) is 22.6 Å². The maximum absolute atomic E-state index is 12.2. The third-order valence-electron chi connectivity index (χ3n) is 3.94. The molecule has 4 nitrogen and oxygen atoms in total. The molecule has 0 radical (unpaired) electrons. The molecule has 0 aliphatic rings. The highest BCUT2D eigenvalue weighted by atomic mass is 35.5. The minimum Gasteiger partial charge on any atom is -0.495 e. The highest BCUT2D eigenvalue weighted by Crippen LogP contribution is 2.35. The van der Waals surface area contributed by atoms with Crippen LogP contribution in [-0.4, -0.2) is 20.1 Å². The van der Waals surface area contributed by atoms with E-state index in [0.29, 0.717) is 22.2 Å². The maximum atomic E-state index is 12.2.